The van der Waals surface area contributed by atoms with Crippen molar-refractivity contribution in [3.63, 3.8) is 0 Å². The molecule has 2 N–H and O–H groups in total. The van der Waals surface area contributed by atoms with E-state index in [1.165, 1.54) is 31.9 Å². The first kappa shape index (κ1) is 12.9. The van der Waals surface area contributed by atoms with Gasteiger partial charge in [-0.2, -0.15) is 0 Å². The van der Waals surface area contributed by atoms with Gasteiger partial charge in [-0.3, -0.25) is 0 Å². The van der Waals surface area contributed by atoms with Crippen LogP contribution in [0.15, 0.2) is 18.3 Å². The van der Waals surface area contributed by atoms with Crippen LogP contribution in [0.3, 0.4) is 0 Å². The first-order valence-electron chi connectivity index (χ1n) is 6.58. The molecule has 0 unspecified atom stereocenters. The largest absolute Gasteiger partial charge is 0.478 e. The lowest BCUT2D eigenvalue weighted by molar-refractivity contribution is 0.0696. The van der Waals surface area contributed by atoms with E-state index in [0.29, 0.717) is 0 Å². The number of carbonyl (C=O) groups is 1. The van der Waals surface area contributed by atoms with Crippen molar-refractivity contribution < 1.29 is 9.90 Å². The van der Waals surface area contributed by atoms with E-state index in [1.807, 2.05) is 0 Å². The predicted molar refractivity (Wildman–Crippen MR) is 70.8 cm³/mol. The van der Waals surface area contributed by atoms with Gasteiger partial charge in [0.1, 0.15) is 5.82 Å². The van der Waals surface area contributed by atoms with Crippen molar-refractivity contribution in [3.05, 3.63) is 23.9 Å². The summed E-state index contributed by atoms with van der Waals surface area (Å²) < 4.78 is 0. The summed E-state index contributed by atoms with van der Waals surface area (Å²) in [6.07, 6.45) is 6.59. The van der Waals surface area contributed by atoms with Gasteiger partial charge >= 0.3 is 5.97 Å². The Hall–Kier alpha value is -1.58. The molecule has 1 fully saturated rings. The maximum absolute atomic E-state index is 10.7. The van der Waals surface area contributed by atoms with Gasteiger partial charge in [0.05, 0.1) is 5.56 Å². The molecule has 1 heterocycles. The highest BCUT2D eigenvalue weighted by molar-refractivity contribution is 5.87. The topological polar surface area (TPSA) is 62.2 Å². The lowest BCUT2D eigenvalue weighted by Crippen LogP contribution is -2.20. The molecule has 0 aromatic carbocycles. The van der Waals surface area contributed by atoms with Crippen LogP contribution in [-0.2, 0) is 0 Å². The summed E-state index contributed by atoms with van der Waals surface area (Å²) >= 11 is 0. The van der Waals surface area contributed by atoms with Crippen LogP contribution in [0, 0.1) is 11.8 Å². The van der Waals surface area contributed by atoms with Crippen molar-refractivity contribution >= 4 is 11.8 Å². The Morgan fingerprint density at radius 1 is 1.39 bits per heavy atom. The number of nitrogens with zero attached hydrogens (tertiary/aromatic N) is 1. The van der Waals surface area contributed by atoms with E-state index in [2.05, 4.69) is 17.2 Å². The highest BCUT2D eigenvalue weighted by atomic mass is 16.4. The molecule has 0 amide bonds. The molecule has 1 aromatic heterocycles. The van der Waals surface area contributed by atoms with Crippen LogP contribution in [0.2, 0.25) is 0 Å². The van der Waals surface area contributed by atoms with Crippen LogP contribution in [-0.4, -0.2) is 22.6 Å². The summed E-state index contributed by atoms with van der Waals surface area (Å²) in [6.45, 7) is 3.25. The first-order valence-corrected chi connectivity index (χ1v) is 6.58. The van der Waals surface area contributed by atoms with Crippen molar-refractivity contribution in [2.45, 2.75) is 32.6 Å². The Kier molecular flexibility index (Phi) is 4.18. The lowest BCUT2D eigenvalue weighted by Gasteiger charge is -2.26. The van der Waals surface area contributed by atoms with Crippen LogP contribution >= 0.6 is 0 Å². The number of hydrogen-bond acceptors (Lipinski definition) is 3. The number of rotatable bonds is 4. The molecule has 0 atom stereocenters. The number of aromatic carboxylic acids is 1. The fraction of sp³-hybridized carbons (Fsp3) is 0.571. The zero-order chi connectivity index (χ0) is 13.0. The molecule has 18 heavy (non-hydrogen) atoms. The lowest BCUT2D eigenvalue weighted by atomic mass is 9.83. The van der Waals surface area contributed by atoms with Crippen LogP contribution in [0.25, 0.3) is 0 Å². The van der Waals surface area contributed by atoms with Gasteiger partial charge < -0.3 is 10.4 Å². The quantitative estimate of drug-likeness (QED) is 0.859. The Labute approximate surface area is 107 Å². The van der Waals surface area contributed by atoms with E-state index in [-0.39, 0.29) is 5.56 Å². The van der Waals surface area contributed by atoms with E-state index in [0.717, 1.165) is 24.2 Å². The van der Waals surface area contributed by atoms with Gasteiger partial charge in [-0.05, 0) is 36.8 Å². The van der Waals surface area contributed by atoms with E-state index in [4.69, 9.17) is 5.11 Å². The Balaban J connectivity index is 1.81. The van der Waals surface area contributed by atoms with Gasteiger partial charge in [0, 0.05) is 12.7 Å². The van der Waals surface area contributed by atoms with Gasteiger partial charge in [-0.1, -0.05) is 19.8 Å². The average Bonchev–Trinajstić information content (AvgIpc) is 2.38. The molecule has 0 saturated heterocycles. The van der Waals surface area contributed by atoms with Crippen LogP contribution in [0.4, 0.5) is 5.82 Å². The summed E-state index contributed by atoms with van der Waals surface area (Å²) in [5.41, 5.74) is 0.229. The number of anilines is 1. The predicted octanol–water partition coefficient (Wildman–Crippen LogP) is 3.02. The second-order valence-electron chi connectivity index (χ2n) is 5.24. The van der Waals surface area contributed by atoms with Crippen molar-refractivity contribution in [2.75, 3.05) is 11.9 Å². The normalized spacial score (nSPS) is 23.6. The van der Waals surface area contributed by atoms with Crippen LogP contribution in [0.1, 0.15) is 43.0 Å². The van der Waals surface area contributed by atoms with E-state index in [9.17, 15) is 4.79 Å². The second kappa shape index (κ2) is 5.85. The monoisotopic (exact) mass is 248 g/mol. The molecule has 4 heteroatoms. The van der Waals surface area contributed by atoms with Gasteiger partial charge in [-0.25, -0.2) is 9.78 Å². The highest BCUT2D eigenvalue weighted by Crippen LogP contribution is 2.28. The van der Waals surface area contributed by atoms with Gasteiger partial charge in [-0.15, -0.1) is 0 Å². The molecule has 1 saturated carbocycles. The van der Waals surface area contributed by atoms with Crippen molar-refractivity contribution in [1.29, 1.82) is 0 Å². The van der Waals surface area contributed by atoms with E-state index in [1.54, 1.807) is 12.1 Å². The minimum Gasteiger partial charge on any atom is -0.478 e. The summed E-state index contributed by atoms with van der Waals surface area (Å²) in [5.74, 6) is 1.42. The standard InChI is InChI=1S/C14H20N2O2/c1-10-2-4-11(5-3-10)8-15-13-7-6-12(9-16-13)14(17)18/h6-7,9-11H,2-5,8H2,1H3,(H,15,16)(H,17,18). The summed E-state index contributed by atoms with van der Waals surface area (Å²) in [6, 6.07) is 3.31. The Bertz CT molecular complexity index is 395. The Morgan fingerprint density at radius 2 is 2.11 bits per heavy atom. The molecule has 0 radical (unpaired) electrons. The number of aromatic nitrogens is 1. The molecular weight excluding hydrogens is 228 g/mol. The number of carboxylic acids is 1. The van der Waals surface area contributed by atoms with E-state index >= 15 is 0 Å². The zero-order valence-electron chi connectivity index (χ0n) is 10.7. The van der Waals surface area contributed by atoms with Crippen molar-refractivity contribution in [3.8, 4) is 0 Å². The van der Waals surface area contributed by atoms with Gasteiger partial charge in [0.25, 0.3) is 0 Å². The third-order valence-electron chi connectivity index (χ3n) is 3.72. The third kappa shape index (κ3) is 3.45. The number of nitrogens with one attached hydrogen (secondary N) is 1. The molecule has 1 aromatic rings. The SMILES string of the molecule is CC1CCC(CNc2ccc(C(=O)O)cn2)CC1. The Morgan fingerprint density at radius 3 is 2.67 bits per heavy atom. The summed E-state index contributed by atoms with van der Waals surface area (Å²) in [4.78, 5) is 14.8. The first-order chi connectivity index (χ1) is 8.65. The minimum absolute atomic E-state index is 0.229. The molecule has 98 valence electrons. The number of pyridine rings is 1. The van der Waals surface area contributed by atoms with E-state index < -0.39 is 5.97 Å². The molecule has 2 rings (SSSR count). The molecule has 1 aliphatic carbocycles. The van der Waals surface area contributed by atoms with Gasteiger partial charge in [0.2, 0.25) is 0 Å². The third-order valence-corrected chi connectivity index (χ3v) is 3.72. The molecule has 4 nitrogen and oxygen atoms in total. The van der Waals surface area contributed by atoms with Crippen molar-refractivity contribution in [1.82, 2.24) is 4.98 Å². The fourth-order valence-electron chi connectivity index (χ4n) is 2.41. The van der Waals surface area contributed by atoms with Crippen molar-refractivity contribution in [2.24, 2.45) is 11.8 Å². The highest BCUT2D eigenvalue weighted by Gasteiger charge is 2.17. The molecule has 0 aliphatic heterocycles. The smallest absolute Gasteiger partial charge is 0.337 e. The fourth-order valence-corrected chi connectivity index (χ4v) is 2.41. The number of hydrogen-bond donors (Lipinski definition) is 2. The second-order valence-corrected chi connectivity index (χ2v) is 5.24. The molecule has 1 aliphatic rings. The molecule has 0 bridgehead atoms. The zero-order valence-corrected chi connectivity index (χ0v) is 10.7. The summed E-state index contributed by atoms with van der Waals surface area (Å²) in [5, 5.41) is 12.1. The van der Waals surface area contributed by atoms with Gasteiger partial charge in [0.15, 0.2) is 0 Å². The van der Waals surface area contributed by atoms with Crippen LogP contribution in [0.5, 0.6) is 0 Å². The molecule has 0 spiro atoms. The minimum atomic E-state index is -0.935. The van der Waals surface area contributed by atoms with Crippen LogP contribution < -0.4 is 5.32 Å². The maximum Gasteiger partial charge on any atom is 0.337 e. The molecular formula is C14H20N2O2. The summed E-state index contributed by atoms with van der Waals surface area (Å²) in [7, 11) is 0. The average molecular weight is 248 g/mol. The number of carboxylic acid groups (broad SMARTS) is 1. The maximum atomic E-state index is 10.7.